The SMILES string of the molecule is COc1ccccc1OCCNC[C@H](O)COCC1=CC[C@H]2C[C@@H]1C2(C)C. The van der Waals surface area contributed by atoms with E-state index in [1.807, 2.05) is 24.3 Å². The summed E-state index contributed by atoms with van der Waals surface area (Å²) in [7, 11) is 1.63. The van der Waals surface area contributed by atoms with Gasteiger partial charge in [0.1, 0.15) is 6.61 Å². The molecule has 1 aromatic carbocycles. The van der Waals surface area contributed by atoms with Gasteiger partial charge in [-0.1, -0.05) is 32.1 Å². The molecule has 150 valence electrons. The smallest absolute Gasteiger partial charge is 0.161 e. The molecule has 5 heteroatoms. The summed E-state index contributed by atoms with van der Waals surface area (Å²) in [6.45, 7) is 7.39. The van der Waals surface area contributed by atoms with Crippen LogP contribution in [-0.4, -0.2) is 51.2 Å². The maximum absolute atomic E-state index is 10.1. The second-order valence-corrected chi connectivity index (χ2v) is 8.19. The molecule has 0 unspecified atom stereocenters. The number of fused-ring (bicyclic) bond motifs is 1. The van der Waals surface area contributed by atoms with Crippen molar-refractivity contribution in [3.63, 3.8) is 0 Å². The maximum atomic E-state index is 10.1. The van der Waals surface area contributed by atoms with E-state index in [1.54, 1.807) is 7.11 Å². The molecule has 2 N–H and O–H groups in total. The number of allylic oxidation sites excluding steroid dienone is 1. The molecule has 0 radical (unpaired) electrons. The van der Waals surface area contributed by atoms with Crippen molar-refractivity contribution in [3.05, 3.63) is 35.9 Å². The van der Waals surface area contributed by atoms with Crippen LogP contribution in [0.4, 0.5) is 0 Å². The molecule has 3 aliphatic carbocycles. The Bertz CT molecular complexity index is 643. The summed E-state index contributed by atoms with van der Waals surface area (Å²) < 4.78 is 16.7. The predicted molar refractivity (Wildman–Crippen MR) is 106 cm³/mol. The van der Waals surface area contributed by atoms with E-state index in [1.165, 1.54) is 18.4 Å². The Balaban J connectivity index is 1.26. The number of ether oxygens (including phenoxy) is 3. The van der Waals surface area contributed by atoms with E-state index in [0.29, 0.717) is 44.2 Å². The quantitative estimate of drug-likeness (QED) is 0.460. The van der Waals surface area contributed by atoms with Gasteiger partial charge in [-0.05, 0) is 47.8 Å². The Morgan fingerprint density at radius 2 is 2.04 bits per heavy atom. The molecule has 0 heterocycles. The van der Waals surface area contributed by atoms with Gasteiger partial charge in [-0.25, -0.2) is 0 Å². The van der Waals surface area contributed by atoms with Crippen molar-refractivity contribution in [1.29, 1.82) is 0 Å². The van der Waals surface area contributed by atoms with Crippen molar-refractivity contribution in [2.45, 2.75) is 32.8 Å². The van der Waals surface area contributed by atoms with Gasteiger partial charge in [0.2, 0.25) is 0 Å². The first-order valence-corrected chi connectivity index (χ1v) is 9.93. The van der Waals surface area contributed by atoms with Gasteiger partial charge in [-0.3, -0.25) is 0 Å². The topological polar surface area (TPSA) is 60.0 Å². The van der Waals surface area contributed by atoms with E-state index < -0.39 is 6.10 Å². The normalized spacial score (nSPS) is 23.9. The van der Waals surface area contributed by atoms with E-state index in [-0.39, 0.29) is 0 Å². The second-order valence-electron chi connectivity index (χ2n) is 8.19. The van der Waals surface area contributed by atoms with Crippen molar-refractivity contribution in [1.82, 2.24) is 5.32 Å². The zero-order valence-electron chi connectivity index (χ0n) is 16.7. The van der Waals surface area contributed by atoms with E-state index in [2.05, 4.69) is 25.2 Å². The maximum Gasteiger partial charge on any atom is 0.161 e. The summed E-state index contributed by atoms with van der Waals surface area (Å²) in [5.74, 6) is 2.97. The fourth-order valence-corrected chi connectivity index (χ4v) is 4.25. The monoisotopic (exact) mass is 375 g/mol. The van der Waals surface area contributed by atoms with E-state index in [9.17, 15) is 5.11 Å². The molecule has 3 aliphatic rings. The van der Waals surface area contributed by atoms with Gasteiger partial charge in [-0.2, -0.15) is 0 Å². The van der Waals surface area contributed by atoms with Crippen molar-refractivity contribution in [3.8, 4) is 11.5 Å². The molecule has 4 rings (SSSR count). The van der Waals surface area contributed by atoms with Crippen molar-refractivity contribution in [2.24, 2.45) is 17.3 Å². The Morgan fingerprint density at radius 1 is 1.26 bits per heavy atom. The van der Waals surface area contributed by atoms with Gasteiger partial charge in [0.15, 0.2) is 11.5 Å². The zero-order chi connectivity index (χ0) is 19.3. The lowest BCUT2D eigenvalue weighted by Gasteiger charge is -2.56. The van der Waals surface area contributed by atoms with Crippen molar-refractivity contribution >= 4 is 0 Å². The third-order valence-electron chi connectivity index (χ3n) is 6.15. The van der Waals surface area contributed by atoms with Crippen LogP contribution in [0.3, 0.4) is 0 Å². The molecule has 3 atom stereocenters. The zero-order valence-corrected chi connectivity index (χ0v) is 16.7. The third-order valence-corrected chi connectivity index (χ3v) is 6.15. The van der Waals surface area contributed by atoms with Crippen LogP contribution < -0.4 is 14.8 Å². The largest absolute Gasteiger partial charge is 0.493 e. The van der Waals surface area contributed by atoms with Gasteiger partial charge in [0, 0.05) is 13.1 Å². The van der Waals surface area contributed by atoms with Crippen LogP contribution in [0, 0.1) is 17.3 Å². The molecule has 2 bridgehead atoms. The molecule has 1 aromatic rings. The standard InChI is InChI=1S/C22H33NO4/c1-22(2)17-9-8-16(19(22)12-17)14-26-15-18(24)13-23-10-11-27-21-7-5-4-6-20(21)25-3/h4-8,17-19,23-24H,9-15H2,1-3H3/t17-,18-,19-/m0/s1. The molecule has 0 aliphatic heterocycles. The lowest BCUT2D eigenvalue weighted by molar-refractivity contribution is -0.0235. The number of para-hydroxylation sites is 2. The highest BCUT2D eigenvalue weighted by atomic mass is 16.5. The molecule has 0 amide bonds. The summed E-state index contributed by atoms with van der Waals surface area (Å²) in [6, 6.07) is 7.58. The highest BCUT2D eigenvalue weighted by Crippen LogP contribution is 2.59. The van der Waals surface area contributed by atoms with Gasteiger partial charge in [0.05, 0.1) is 26.4 Å². The Hall–Kier alpha value is -1.56. The number of nitrogens with one attached hydrogen (secondary N) is 1. The molecule has 0 saturated heterocycles. The van der Waals surface area contributed by atoms with Crippen molar-refractivity contribution in [2.75, 3.05) is 40.0 Å². The van der Waals surface area contributed by atoms with Crippen molar-refractivity contribution < 1.29 is 19.3 Å². The number of aliphatic hydroxyl groups is 1. The average Bonchev–Trinajstić information content (AvgIpc) is 2.68. The molecule has 0 spiro atoms. The fraction of sp³-hybridized carbons (Fsp3) is 0.636. The van der Waals surface area contributed by atoms with Crippen LogP contribution in [0.2, 0.25) is 0 Å². The summed E-state index contributed by atoms with van der Waals surface area (Å²) >= 11 is 0. The van der Waals surface area contributed by atoms with Crippen LogP contribution in [0.1, 0.15) is 26.7 Å². The summed E-state index contributed by atoms with van der Waals surface area (Å²) in [5, 5.41) is 13.3. The van der Waals surface area contributed by atoms with Crippen LogP contribution in [0.15, 0.2) is 35.9 Å². The fourth-order valence-electron chi connectivity index (χ4n) is 4.25. The molecule has 1 fully saturated rings. The van der Waals surface area contributed by atoms with E-state index >= 15 is 0 Å². The van der Waals surface area contributed by atoms with E-state index in [4.69, 9.17) is 14.2 Å². The average molecular weight is 376 g/mol. The Labute approximate surface area is 162 Å². The van der Waals surface area contributed by atoms with Crippen LogP contribution in [0.25, 0.3) is 0 Å². The van der Waals surface area contributed by atoms with Gasteiger partial charge >= 0.3 is 0 Å². The van der Waals surface area contributed by atoms with Crippen LogP contribution in [0.5, 0.6) is 11.5 Å². The molecule has 1 saturated carbocycles. The number of hydrogen-bond acceptors (Lipinski definition) is 5. The van der Waals surface area contributed by atoms with Gasteiger partial charge < -0.3 is 24.6 Å². The molecule has 0 aromatic heterocycles. The molecular formula is C22H33NO4. The predicted octanol–water partition coefficient (Wildman–Crippen LogP) is 3.03. The minimum absolute atomic E-state index is 0.355. The number of hydrogen-bond donors (Lipinski definition) is 2. The summed E-state index contributed by atoms with van der Waals surface area (Å²) in [5.41, 5.74) is 1.85. The first-order chi connectivity index (χ1) is 13.0. The first-order valence-electron chi connectivity index (χ1n) is 9.93. The lowest BCUT2D eigenvalue weighted by atomic mass is 9.49. The minimum Gasteiger partial charge on any atom is -0.493 e. The molecule has 27 heavy (non-hydrogen) atoms. The highest BCUT2D eigenvalue weighted by Gasteiger charge is 2.50. The van der Waals surface area contributed by atoms with Crippen LogP contribution >= 0.6 is 0 Å². The second kappa shape index (κ2) is 9.09. The van der Waals surface area contributed by atoms with Crippen LogP contribution in [-0.2, 0) is 4.74 Å². The lowest BCUT2D eigenvalue weighted by Crippen LogP contribution is -2.48. The third kappa shape index (κ3) is 4.84. The minimum atomic E-state index is -0.511. The highest BCUT2D eigenvalue weighted by molar-refractivity contribution is 5.39. The summed E-state index contributed by atoms with van der Waals surface area (Å²) in [4.78, 5) is 0. The first kappa shape index (κ1) is 20.2. The Kier molecular flexibility index (Phi) is 6.79. The number of aliphatic hydroxyl groups excluding tert-OH is 1. The number of rotatable bonds is 11. The molecular weight excluding hydrogens is 342 g/mol. The Morgan fingerprint density at radius 3 is 2.74 bits per heavy atom. The van der Waals surface area contributed by atoms with Gasteiger partial charge in [0.25, 0.3) is 0 Å². The number of methoxy groups -OCH3 is 1. The van der Waals surface area contributed by atoms with Gasteiger partial charge in [-0.15, -0.1) is 0 Å². The number of benzene rings is 1. The summed E-state index contributed by atoms with van der Waals surface area (Å²) in [6.07, 6.45) is 4.32. The van der Waals surface area contributed by atoms with E-state index in [0.717, 1.165) is 17.4 Å². The molecule has 5 nitrogen and oxygen atoms in total.